The molecule has 0 bridgehead atoms. The summed E-state index contributed by atoms with van der Waals surface area (Å²) in [5.41, 5.74) is 0. The van der Waals surface area contributed by atoms with Gasteiger partial charge in [-0.3, -0.25) is 9.59 Å². The Morgan fingerprint density at radius 3 is 2.45 bits per heavy atom. The van der Waals surface area contributed by atoms with E-state index in [0.717, 1.165) is 0 Å². The molecule has 0 spiro atoms. The van der Waals surface area contributed by atoms with E-state index in [9.17, 15) is 14.4 Å². The lowest BCUT2D eigenvalue weighted by molar-refractivity contribution is -0.146. The molecule has 0 aromatic carbocycles. The SMILES string of the molecule is CCOC(=O)CC[C@H](NC(=O)c1ccc(Br)o1)C(=O)OCC. The molecule has 1 aromatic rings. The predicted molar refractivity (Wildman–Crippen MR) is 80.2 cm³/mol. The number of furan rings is 1. The summed E-state index contributed by atoms with van der Waals surface area (Å²) < 4.78 is 15.2. The number of carbonyl (C=O) groups is 3. The molecule has 0 aliphatic carbocycles. The molecule has 22 heavy (non-hydrogen) atoms. The molecule has 0 fully saturated rings. The number of hydrogen-bond acceptors (Lipinski definition) is 6. The van der Waals surface area contributed by atoms with Crippen LogP contribution < -0.4 is 5.32 Å². The third-order valence-corrected chi connectivity index (χ3v) is 3.04. The van der Waals surface area contributed by atoms with Crippen molar-refractivity contribution in [2.75, 3.05) is 13.2 Å². The van der Waals surface area contributed by atoms with E-state index in [4.69, 9.17) is 13.9 Å². The van der Waals surface area contributed by atoms with Gasteiger partial charge in [0.1, 0.15) is 6.04 Å². The molecule has 0 saturated carbocycles. The molecular weight excluding hydrogens is 358 g/mol. The van der Waals surface area contributed by atoms with Gasteiger partial charge in [-0.1, -0.05) is 0 Å². The summed E-state index contributed by atoms with van der Waals surface area (Å²) in [5, 5.41) is 2.49. The zero-order valence-electron chi connectivity index (χ0n) is 12.4. The number of halogens is 1. The lowest BCUT2D eigenvalue weighted by Gasteiger charge is -2.16. The molecule has 7 nitrogen and oxygen atoms in total. The Labute approximate surface area is 136 Å². The number of ether oxygens (including phenoxy) is 2. The molecule has 0 aliphatic rings. The van der Waals surface area contributed by atoms with Crippen molar-refractivity contribution in [1.29, 1.82) is 0 Å². The minimum Gasteiger partial charge on any atom is -0.466 e. The molecule has 8 heteroatoms. The maximum absolute atomic E-state index is 12.0. The van der Waals surface area contributed by atoms with Crippen molar-refractivity contribution in [3.63, 3.8) is 0 Å². The first kappa shape index (κ1) is 18.2. The van der Waals surface area contributed by atoms with Crippen LogP contribution in [0, 0.1) is 0 Å². The van der Waals surface area contributed by atoms with Crippen LogP contribution in [-0.4, -0.2) is 37.1 Å². The van der Waals surface area contributed by atoms with Crippen LogP contribution >= 0.6 is 15.9 Å². The number of carbonyl (C=O) groups excluding carboxylic acids is 3. The summed E-state index contributed by atoms with van der Waals surface area (Å²) in [4.78, 5) is 35.2. The zero-order valence-corrected chi connectivity index (χ0v) is 14.0. The standard InChI is InChI=1S/C14H18BrNO6/c1-3-20-12(17)8-5-9(14(19)21-4-2)16-13(18)10-6-7-11(15)22-10/h6-7,9H,3-5,8H2,1-2H3,(H,16,18)/t9-/m0/s1. The Morgan fingerprint density at radius 2 is 1.91 bits per heavy atom. The van der Waals surface area contributed by atoms with Crippen LogP contribution in [0.1, 0.15) is 37.2 Å². The average molecular weight is 376 g/mol. The number of rotatable bonds is 8. The second kappa shape index (κ2) is 9.24. The molecule has 0 radical (unpaired) electrons. The van der Waals surface area contributed by atoms with Crippen LogP contribution in [0.25, 0.3) is 0 Å². The minimum atomic E-state index is -0.944. The van der Waals surface area contributed by atoms with E-state index in [1.807, 2.05) is 0 Å². The molecular formula is C14H18BrNO6. The second-order valence-electron chi connectivity index (χ2n) is 4.23. The van der Waals surface area contributed by atoms with E-state index in [0.29, 0.717) is 4.67 Å². The maximum Gasteiger partial charge on any atom is 0.328 e. The van der Waals surface area contributed by atoms with Crippen molar-refractivity contribution in [2.24, 2.45) is 0 Å². The average Bonchev–Trinajstić information content (AvgIpc) is 2.90. The van der Waals surface area contributed by atoms with Gasteiger partial charge in [-0.25, -0.2) is 4.79 Å². The highest BCUT2D eigenvalue weighted by molar-refractivity contribution is 9.10. The molecule has 0 aliphatic heterocycles. The summed E-state index contributed by atoms with van der Waals surface area (Å²) in [5.74, 6) is -1.55. The molecule has 1 heterocycles. The number of hydrogen-bond donors (Lipinski definition) is 1. The van der Waals surface area contributed by atoms with Gasteiger partial charge < -0.3 is 19.2 Å². The van der Waals surface area contributed by atoms with Crippen LogP contribution in [0.15, 0.2) is 21.2 Å². The summed E-state index contributed by atoms with van der Waals surface area (Å²) >= 11 is 3.09. The smallest absolute Gasteiger partial charge is 0.328 e. The highest BCUT2D eigenvalue weighted by Crippen LogP contribution is 2.14. The lowest BCUT2D eigenvalue weighted by Crippen LogP contribution is -2.42. The van der Waals surface area contributed by atoms with Crippen LogP contribution in [0.2, 0.25) is 0 Å². The van der Waals surface area contributed by atoms with Gasteiger partial charge in [0.05, 0.1) is 13.2 Å². The minimum absolute atomic E-state index is 0.000545. The van der Waals surface area contributed by atoms with Gasteiger partial charge in [-0.2, -0.15) is 0 Å². The van der Waals surface area contributed by atoms with Crippen LogP contribution in [-0.2, 0) is 19.1 Å². The highest BCUT2D eigenvalue weighted by atomic mass is 79.9. The van der Waals surface area contributed by atoms with Gasteiger partial charge in [-0.15, -0.1) is 0 Å². The molecule has 122 valence electrons. The van der Waals surface area contributed by atoms with Gasteiger partial charge in [0.15, 0.2) is 10.4 Å². The Kier molecular flexibility index (Phi) is 7.65. The fourth-order valence-electron chi connectivity index (χ4n) is 1.65. The monoisotopic (exact) mass is 375 g/mol. The number of esters is 2. The van der Waals surface area contributed by atoms with E-state index >= 15 is 0 Å². The molecule has 0 unspecified atom stereocenters. The van der Waals surface area contributed by atoms with Crippen molar-refractivity contribution in [1.82, 2.24) is 5.32 Å². The van der Waals surface area contributed by atoms with Crippen molar-refractivity contribution in [3.05, 3.63) is 22.6 Å². The molecule has 1 amide bonds. The summed E-state index contributed by atoms with van der Waals surface area (Å²) in [7, 11) is 0. The Bertz CT molecular complexity index is 527. The fraction of sp³-hybridized carbons (Fsp3) is 0.500. The van der Waals surface area contributed by atoms with Crippen LogP contribution in [0.4, 0.5) is 0 Å². The van der Waals surface area contributed by atoms with Gasteiger partial charge in [0.2, 0.25) is 0 Å². The number of amides is 1. The Hall–Kier alpha value is -1.83. The van der Waals surface area contributed by atoms with Crippen molar-refractivity contribution < 1.29 is 28.3 Å². The first-order chi connectivity index (χ1) is 10.5. The summed E-state index contributed by atoms with van der Waals surface area (Å²) in [6, 6.07) is 2.08. The quantitative estimate of drug-likeness (QED) is 0.698. The normalized spacial score (nSPS) is 11.6. The summed E-state index contributed by atoms with van der Waals surface area (Å²) in [6.07, 6.45) is 0.0880. The first-order valence-electron chi connectivity index (χ1n) is 6.86. The largest absolute Gasteiger partial charge is 0.466 e. The van der Waals surface area contributed by atoms with Gasteiger partial charge in [0, 0.05) is 6.42 Å². The molecule has 1 atom stereocenters. The van der Waals surface area contributed by atoms with Gasteiger partial charge >= 0.3 is 11.9 Å². The van der Waals surface area contributed by atoms with E-state index in [1.165, 1.54) is 6.07 Å². The van der Waals surface area contributed by atoms with Gasteiger partial charge in [0.25, 0.3) is 5.91 Å². The fourth-order valence-corrected chi connectivity index (χ4v) is 1.96. The third kappa shape index (κ3) is 5.88. The van der Waals surface area contributed by atoms with Crippen molar-refractivity contribution >= 4 is 33.8 Å². The van der Waals surface area contributed by atoms with Gasteiger partial charge in [-0.05, 0) is 48.3 Å². The van der Waals surface area contributed by atoms with Crippen molar-refractivity contribution in [3.8, 4) is 0 Å². The van der Waals surface area contributed by atoms with E-state index in [2.05, 4.69) is 21.2 Å². The van der Waals surface area contributed by atoms with Crippen molar-refractivity contribution in [2.45, 2.75) is 32.7 Å². The Morgan fingerprint density at radius 1 is 1.23 bits per heavy atom. The number of nitrogens with one attached hydrogen (secondary N) is 1. The topological polar surface area (TPSA) is 94.8 Å². The zero-order chi connectivity index (χ0) is 16.5. The van der Waals surface area contributed by atoms with E-state index in [-0.39, 0.29) is 31.8 Å². The lowest BCUT2D eigenvalue weighted by atomic mass is 10.1. The molecule has 1 N–H and O–H groups in total. The van der Waals surface area contributed by atoms with Crippen LogP contribution in [0.5, 0.6) is 0 Å². The second-order valence-corrected chi connectivity index (χ2v) is 5.01. The highest BCUT2D eigenvalue weighted by Gasteiger charge is 2.25. The van der Waals surface area contributed by atoms with Crippen LogP contribution in [0.3, 0.4) is 0 Å². The predicted octanol–water partition coefficient (Wildman–Crippen LogP) is 2.05. The molecule has 1 rings (SSSR count). The van der Waals surface area contributed by atoms with E-state index < -0.39 is 23.9 Å². The molecule has 0 saturated heterocycles. The first-order valence-corrected chi connectivity index (χ1v) is 7.65. The third-order valence-electron chi connectivity index (χ3n) is 2.62. The molecule has 1 aromatic heterocycles. The maximum atomic E-state index is 12.0. The van der Waals surface area contributed by atoms with E-state index in [1.54, 1.807) is 19.9 Å². The Balaban J connectivity index is 2.66. The summed E-state index contributed by atoms with van der Waals surface area (Å²) in [6.45, 7) is 3.79.